The number of benzene rings is 3. The molecule has 5 rings (SSSR count). The van der Waals surface area contributed by atoms with Crippen LogP contribution in [0.15, 0.2) is 85.2 Å². The third-order valence-electron chi connectivity index (χ3n) is 7.82. The summed E-state index contributed by atoms with van der Waals surface area (Å²) >= 11 is 0. The van der Waals surface area contributed by atoms with Crippen LogP contribution in [-0.4, -0.2) is 46.1 Å². The molecule has 3 aromatic carbocycles. The van der Waals surface area contributed by atoms with E-state index in [1.807, 2.05) is 48.8 Å². The molecule has 1 aromatic heterocycles. The Morgan fingerprint density at radius 3 is 2.14 bits per heavy atom. The summed E-state index contributed by atoms with van der Waals surface area (Å²) in [4.78, 5) is 36.4. The van der Waals surface area contributed by atoms with Gasteiger partial charge in [0.05, 0.1) is 0 Å². The van der Waals surface area contributed by atoms with E-state index in [9.17, 15) is 14.7 Å². The van der Waals surface area contributed by atoms with Crippen LogP contribution in [0.2, 0.25) is 0 Å². The third kappa shape index (κ3) is 7.03. The number of aromatic nitrogens is 2. The Morgan fingerprint density at radius 1 is 0.857 bits per heavy atom. The smallest absolute Gasteiger partial charge is 0.326 e. The van der Waals surface area contributed by atoms with E-state index in [4.69, 9.17) is 0 Å². The van der Waals surface area contributed by atoms with E-state index in [1.165, 1.54) is 24.9 Å². The Kier molecular flexibility index (Phi) is 8.67. The molecule has 0 aliphatic carbocycles. The summed E-state index contributed by atoms with van der Waals surface area (Å²) in [5, 5.41) is 12.5. The number of carboxylic acid groups (broad SMARTS) is 1. The van der Waals surface area contributed by atoms with E-state index in [2.05, 4.69) is 65.2 Å². The first kappa shape index (κ1) is 29.0. The highest BCUT2D eigenvalue weighted by Crippen LogP contribution is 2.27. The number of nitrogens with zero attached hydrogens (tertiary/aromatic N) is 3. The zero-order valence-corrected chi connectivity index (χ0v) is 24.5. The first-order valence-electron chi connectivity index (χ1n) is 14.6. The maximum Gasteiger partial charge on any atom is 0.326 e. The number of nitrogens with one attached hydrogen (secondary N) is 1. The van der Waals surface area contributed by atoms with Crippen molar-refractivity contribution in [2.24, 2.45) is 0 Å². The predicted molar refractivity (Wildman–Crippen MR) is 167 cm³/mol. The Morgan fingerprint density at radius 2 is 1.52 bits per heavy atom. The fraction of sp³-hybridized carbons (Fsp3) is 0.314. The SMILES string of the molecule is CC(C)(C)c1ccc(C(=O)N[C@@H](Cc2ccc(-c3ncc(-c4cccc(N5CCCCC5)c4)cn3)cc2)C(=O)O)cc1. The summed E-state index contributed by atoms with van der Waals surface area (Å²) < 4.78 is 0. The van der Waals surface area contributed by atoms with Crippen LogP contribution in [0.25, 0.3) is 22.5 Å². The average molecular weight is 563 g/mol. The molecule has 0 radical (unpaired) electrons. The molecule has 1 saturated heterocycles. The second-order valence-corrected chi connectivity index (χ2v) is 12.0. The highest BCUT2D eigenvalue weighted by molar-refractivity contribution is 5.96. The van der Waals surface area contributed by atoms with Gasteiger partial charge in [-0.15, -0.1) is 0 Å². The van der Waals surface area contributed by atoms with Crippen molar-refractivity contribution in [2.45, 2.75) is 57.9 Å². The molecular formula is C35H38N4O3. The summed E-state index contributed by atoms with van der Waals surface area (Å²) in [5.41, 5.74) is 6.42. The van der Waals surface area contributed by atoms with E-state index in [-0.39, 0.29) is 11.8 Å². The number of piperidine rings is 1. The number of aliphatic carboxylic acids is 1. The van der Waals surface area contributed by atoms with Crippen LogP contribution in [-0.2, 0) is 16.6 Å². The first-order chi connectivity index (χ1) is 20.2. The van der Waals surface area contributed by atoms with Gasteiger partial charge in [-0.25, -0.2) is 14.8 Å². The lowest BCUT2D eigenvalue weighted by Crippen LogP contribution is -2.42. The molecule has 7 heteroatoms. The predicted octanol–water partition coefficient (Wildman–Crippen LogP) is 6.52. The first-order valence-corrected chi connectivity index (χ1v) is 14.6. The van der Waals surface area contributed by atoms with E-state index in [0.717, 1.165) is 40.9 Å². The minimum absolute atomic E-state index is 0.0313. The van der Waals surface area contributed by atoms with Crippen LogP contribution in [0.4, 0.5) is 5.69 Å². The lowest BCUT2D eigenvalue weighted by molar-refractivity contribution is -0.139. The maximum absolute atomic E-state index is 12.8. The number of carbonyl (C=O) groups excluding carboxylic acids is 1. The Balaban J connectivity index is 1.23. The average Bonchev–Trinajstić information content (AvgIpc) is 3.01. The monoisotopic (exact) mass is 562 g/mol. The van der Waals surface area contributed by atoms with Gasteiger partial charge in [-0.1, -0.05) is 69.3 Å². The molecule has 2 heterocycles. The normalized spacial score (nSPS) is 14.3. The van der Waals surface area contributed by atoms with E-state index >= 15 is 0 Å². The van der Waals surface area contributed by atoms with Gasteiger partial charge in [-0.3, -0.25) is 4.79 Å². The summed E-state index contributed by atoms with van der Waals surface area (Å²) in [6.07, 6.45) is 7.62. The number of hydrogen-bond donors (Lipinski definition) is 2. The van der Waals surface area contributed by atoms with Crippen LogP contribution >= 0.6 is 0 Å². The van der Waals surface area contributed by atoms with E-state index in [1.54, 1.807) is 12.1 Å². The van der Waals surface area contributed by atoms with Gasteiger partial charge in [-0.2, -0.15) is 0 Å². The Hall–Kier alpha value is -4.52. The molecule has 0 spiro atoms. The van der Waals surface area contributed by atoms with Crippen molar-refractivity contribution in [3.05, 3.63) is 102 Å². The molecule has 0 bridgehead atoms. The number of carboxylic acids is 1. The van der Waals surface area contributed by atoms with E-state index in [0.29, 0.717) is 11.4 Å². The zero-order chi connectivity index (χ0) is 29.7. The maximum atomic E-state index is 12.8. The molecular weight excluding hydrogens is 524 g/mol. The van der Waals surface area contributed by atoms with Crippen molar-refractivity contribution in [3.8, 4) is 22.5 Å². The largest absolute Gasteiger partial charge is 0.480 e. The van der Waals surface area contributed by atoms with Crippen molar-refractivity contribution in [1.29, 1.82) is 0 Å². The lowest BCUT2D eigenvalue weighted by atomic mass is 9.86. The summed E-state index contributed by atoms with van der Waals surface area (Å²) in [5.74, 6) is -0.893. The van der Waals surface area contributed by atoms with Gasteiger partial charge in [0.1, 0.15) is 6.04 Å². The molecule has 7 nitrogen and oxygen atoms in total. The Labute approximate surface area is 247 Å². The molecule has 42 heavy (non-hydrogen) atoms. The van der Waals surface area contributed by atoms with Crippen molar-refractivity contribution in [2.75, 3.05) is 18.0 Å². The number of rotatable bonds is 8. The second kappa shape index (κ2) is 12.6. The summed E-state index contributed by atoms with van der Waals surface area (Å²) in [6, 6.07) is 22.2. The standard InChI is InChI=1S/C35H38N4O3/c1-35(2,3)29-16-14-26(15-17-29)33(40)38-31(34(41)42)20-24-10-12-25(13-11-24)32-36-22-28(23-37-32)27-8-7-9-30(21-27)39-18-5-4-6-19-39/h7-17,21-23,31H,4-6,18-20H2,1-3H3,(H,38,40)(H,41,42)/t31-/m0/s1. The summed E-state index contributed by atoms with van der Waals surface area (Å²) in [7, 11) is 0. The van der Waals surface area contributed by atoms with Gasteiger partial charge >= 0.3 is 5.97 Å². The van der Waals surface area contributed by atoms with Crippen LogP contribution in [0.3, 0.4) is 0 Å². The van der Waals surface area contributed by atoms with Crippen molar-refractivity contribution in [1.82, 2.24) is 15.3 Å². The van der Waals surface area contributed by atoms with Gasteiger partial charge < -0.3 is 15.3 Å². The van der Waals surface area contributed by atoms with Crippen molar-refractivity contribution < 1.29 is 14.7 Å². The molecule has 1 aliphatic heterocycles. The molecule has 1 amide bonds. The zero-order valence-electron chi connectivity index (χ0n) is 24.5. The van der Waals surface area contributed by atoms with Crippen LogP contribution in [0.5, 0.6) is 0 Å². The molecule has 0 saturated carbocycles. The molecule has 1 aliphatic rings. The van der Waals surface area contributed by atoms with E-state index < -0.39 is 17.9 Å². The fourth-order valence-electron chi connectivity index (χ4n) is 5.25. The van der Waals surface area contributed by atoms with Crippen LogP contribution in [0, 0.1) is 0 Å². The number of carbonyl (C=O) groups is 2. The molecule has 1 fully saturated rings. The molecule has 216 valence electrons. The topological polar surface area (TPSA) is 95.4 Å². The molecule has 0 unspecified atom stereocenters. The molecule has 2 N–H and O–H groups in total. The van der Waals surface area contributed by atoms with Crippen molar-refractivity contribution >= 4 is 17.6 Å². The fourth-order valence-corrected chi connectivity index (χ4v) is 5.25. The number of hydrogen-bond acceptors (Lipinski definition) is 5. The van der Waals surface area contributed by atoms with Gasteiger partial charge in [0, 0.05) is 54.3 Å². The van der Waals surface area contributed by atoms with Gasteiger partial charge in [-0.05, 0) is 65.6 Å². The second-order valence-electron chi connectivity index (χ2n) is 12.0. The number of amides is 1. The van der Waals surface area contributed by atoms with Crippen molar-refractivity contribution in [3.63, 3.8) is 0 Å². The van der Waals surface area contributed by atoms with Gasteiger partial charge in [0.15, 0.2) is 5.82 Å². The highest BCUT2D eigenvalue weighted by atomic mass is 16.4. The molecule has 4 aromatic rings. The summed E-state index contributed by atoms with van der Waals surface area (Å²) in [6.45, 7) is 8.50. The van der Waals surface area contributed by atoms with Gasteiger partial charge in [0.25, 0.3) is 5.91 Å². The molecule has 1 atom stereocenters. The minimum atomic E-state index is -1.08. The highest BCUT2D eigenvalue weighted by Gasteiger charge is 2.22. The minimum Gasteiger partial charge on any atom is -0.480 e. The Bertz CT molecular complexity index is 1520. The van der Waals surface area contributed by atoms with Crippen LogP contribution in [0.1, 0.15) is 61.5 Å². The third-order valence-corrected chi connectivity index (χ3v) is 7.82. The van der Waals surface area contributed by atoms with Gasteiger partial charge in [0.2, 0.25) is 0 Å². The lowest BCUT2D eigenvalue weighted by Gasteiger charge is -2.29. The number of anilines is 1. The quantitative estimate of drug-likeness (QED) is 0.254. The van der Waals surface area contributed by atoms with Crippen LogP contribution < -0.4 is 10.2 Å².